The molecular formula is C28H39N11O6. The number of benzene rings is 1. The van der Waals surface area contributed by atoms with E-state index in [9.17, 15) is 29.1 Å². The number of carboxylic acid groups (broad SMARTS) is 1. The van der Waals surface area contributed by atoms with Gasteiger partial charge in [0.2, 0.25) is 23.6 Å². The van der Waals surface area contributed by atoms with E-state index in [1.165, 1.54) is 12.5 Å². The van der Waals surface area contributed by atoms with Gasteiger partial charge in [-0.05, 0) is 37.3 Å². The fraction of sp³-hybridized carbons (Fsp3) is 0.393. The van der Waals surface area contributed by atoms with Crippen molar-refractivity contribution in [3.05, 3.63) is 54.2 Å². The van der Waals surface area contributed by atoms with Gasteiger partial charge in [0.05, 0.1) is 12.4 Å². The number of nitrogens with zero attached hydrogens (tertiary/aromatic N) is 2. The highest BCUT2D eigenvalue weighted by atomic mass is 16.4. The van der Waals surface area contributed by atoms with Crippen LogP contribution in [0.4, 0.5) is 0 Å². The summed E-state index contributed by atoms with van der Waals surface area (Å²) < 4.78 is 0. The van der Waals surface area contributed by atoms with Crippen molar-refractivity contribution in [2.45, 2.75) is 62.7 Å². The molecular weight excluding hydrogens is 586 g/mol. The maximum absolute atomic E-state index is 13.5. The number of aromatic nitrogens is 3. The fourth-order valence-corrected chi connectivity index (χ4v) is 4.60. The van der Waals surface area contributed by atoms with Crippen molar-refractivity contribution in [1.82, 2.24) is 30.9 Å². The lowest BCUT2D eigenvalue weighted by Gasteiger charge is -2.25. The van der Waals surface area contributed by atoms with Gasteiger partial charge < -0.3 is 54.0 Å². The van der Waals surface area contributed by atoms with Gasteiger partial charge in [-0.25, -0.2) is 9.78 Å². The van der Waals surface area contributed by atoms with Crippen LogP contribution in [0, 0.1) is 0 Å². The second-order valence-corrected chi connectivity index (χ2v) is 10.4. The molecule has 0 aliphatic rings. The third kappa shape index (κ3) is 10.6. The number of imidazole rings is 1. The van der Waals surface area contributed by atoms with Gasteiger partial charge >= 0.3 is 5.97 Å². The second-order valence-electron chi connectivity index (χ2n) is 10.4. The summed E-state index contributed by atoms with van der Waals surface area (Å²) in [7, 11) is 0. The molecule has 0 saturated carbocycles. The maximum atomic E-state index is 13.5. The zero-order chi connectivity index (χ0) is 32.9. The van der Waals surface area contributed by atoms with Crippen molar-refractivity contribution in [3.8, 4) is 0 Å². The Morgan fingerprint density at radius 2 is 1.56 bits per heavy atom. The summed E-state index contributed by atoms with van der Waals surface area (Å²) in [5, 5.41) is 18.1. The van der Waals surface area contributed by atoms with Crippen LogP contribution in [-0.2, 0) is 36.8 Å². The number of hydrogen-bond acceptors (Lipinski definition) is 8. The van der Waals surface area contributed by atoms with E-state index >= 15 is 0 Å². The summed E-state index contributed by atoms with van der Waals surface area (Å²) >= 11 is 0. The molecule has 2 aromatic heterocycles. The second kappa shape index (κ2) is 16.4. The average Bonchev–Trinajstić information content (AvgIpc) is 3.66. The van der Waals surface area contributed by atoms with Gasteiger partial charge in [-0.3, -0.25) is 24.2 Å². The number of H-pyrrole nitrogens is 2. The number of amides is 4. The third-order valence-corrected chi connectivity index (χ3v) is 6.94. The van der Waals surface area contributed by atoms with E-state index < -0.39 is 53.8 Å². The van der Waals surface area contributed by atoms with Gasteiger partial charge in [-0.15, -0.1) is 0 Å². The molecule has 4 unspecified atom stereocenters. The number of rotatable bonds is 18. The number of carbonyl (C=O) groups is 5. The number of aliphatic carboxylic acids is 1. The monoisotopic (exact) mass is 625 g/mol. The van der Waals surface area contributed by atoms with E-state index in [2.05, 4.69) is 35.9 Å². The quantitative estimate of drug-likeness (QED) is 0.0415. The molecule has 0 saturated heterocycles. The number of hydrogen-bond donors (Lipinski definition) is 10. The number of aromatic amines is 2. The van der Waals surface area contributed by atoms with Gasteiger partial charge in [-0.1, -0.05) is 18.2 Å². The highest BCUT2D eigenvalue weighted by molar-refractivity contribution is 5.94. The average molecular weight is 626 g/mol. The van der Waals surface area contributed by atoms with Gasteiger partial charge in [0.15, 0.2) is 5.96 Å². The van der Waals surface area contributed by atoms with Crippen LogP contribution in [0.3, 0.4) is 0 Å². The number of fused-ring (bicyclic) bond motifs is 1. The number of aliphatic imine (C=N–C) groups is 1. The molecule has 4 atom stereocenters. The van der Waals surface area contributed by atoms with Crippen LogP contribution in [0.15, 0.2) is 48.0 Å². The zero-order valence-corrected chi connectivity index (χ0v) is 24.5. The minimum absolute atomic E-state index is 0.0654. The molecule has 3 aromatic rings. The Morgan fingerprint density at radius 1 is 0.889 bits per heavy atom. The molecule has 0 radical (unpaired) electrons. The summed E-state index contributed by atoms with van der Waals surface area (Å²) in [6.45, 7) is 0.156. The van der Waals surface area contributed by atoms with Crippen LogP contribution in [0.1, 0.15) is 36.9 Å². The van der Waals surface area contributed by atoms with Gasteiger partial charge in [0.1, 0.15) is 18.1 Å². The third-order valence-electron chi connectivity index (χ3n) is 6.94. The molecule has 3 rings (SSSR count). The van der Waals surface area contributed by atoms with E-state index in [1.807, 2.05) is 24.3 Å². The lowest BCUT2D eigenvalue weighted by molar-refractivity contribution is -0.142. The first-order valence-electron chi connectivity index (χ1n) is 14.2. The number of carboxylic acids is 1. The van der Waals surface area contributed by atoms with E-state index in [-0.39, 0.29) is 51.0 Å². The summed E-state index contributed by atoms with van der Waals surface area (Å²) in [6, 6.07) is 2.60. The number of carbonyl (C=O) groups excluding carboxylic acids is 4. The lowest BCUT2D eigenvalue weighted by Crippen LogP contribution is -2.57. The SMILES string of the molecule is NC(=O)CCC(NC(=O)C(CCCN=C(N)N)NC(=O)C(N)Cc1c[nH]c2ccccc12)C(=O)NC(Cc1cnc[nH]1)C(=O)O. The van der Waals surface area contributed by atoms with Crippen molar-refractivity contribution in [2.75, 3.05) is 6.54 Å². The Hall–Kier alpha value is -5.45. The van der Waals surface area contributed by atoms with Crippen molar-refractivity contribution in [1.29, 1.82) is 0 Å². The van der Waals surface area contributed by atoms with Gasteiger partial charge in [0.25, 0.3) is 0 Å². The Morgan fingerprint density at radius 3 is 2.20 bits per heavy atom. The highest BCUT2D eigenvalue weighted by Gasteiger charge is 2.31. The Kier molecular flexibility index (Phi) is 12.4. The zero-order valence-electron chi connectivity index (χ0n) is 24.5. The number of nitrogens with one attached hydrogen (secondary N) is 5. The molecule has 14 N–H and O–H groups in total. The first kappa shape index (κ1) is 34.0. The molecule has 2 heterocycles. The molecule has 0 bridgehead atoms. The van der Waals surface area contributed by atoms with Crippen LogP contribution in [0.25, 0.3) is 10.9 Å². The largest absolute Gasteiger partial charge is 0.480 e. The van der Waals surface area contributed by atoms with Crippen molar-refractivity contribution in [2.24, 2.45) is 27.9 Å². The van der Waals surface area contributed by atoms with Crippen molar-refractivity contribution < 1.29 is 29.1 Å². The Balaban J connectivity index is 1.74. The van der Waals surface area contributed by atoms with Crippen LogP contribution >= 0.6 is 0 Å². The molecule has 0 aliphatic carbocycles. The standard InChI is InChI=1S/C28H39N11O6/c29-18(10-15-12-35-19-5-2-1-4-17(15)19)24(41)37-20(6-3-9-34-28(31)32)25(42)38-21(7-8-23(30)40)26(43)39-22(27(44)45)11-16-13-33-14-36-16/h1-2,4-5,12-14,18,20-22,35H,3,6-11,29H2,(H2,30,40)(H,33,36)(H,37,41)(H,38,42)(H,39,43)(H,44,45)(H4,31,32,34). The molecule has 242 valence electrons. The summed E-state index contributed by atoms with van der Waals surface area (Å²) in [6.07, 6.45) is 4.42. The van der Waals surface area contributed by atoms with Crippen LogP contribution in [0.2, 0.25) is 0 Å². The number of para-hydroxylation sites is 1. The molecule has 0 aliphatic heterocycles. The normalized spacial score (nSPS) is 13.6. The maximum Gasteiger partial charge on any atom is 0.326 e. The van der Waals surface area contributed by atoms with Crippen molar-refractivity contribution >= 4 is 46.5 Å². The topological polar surface area (TPSA) is 303 Å². The van der Waals surface area contributed by atoms with Crippen LogP contribution in [-0.4, -0.2) is 86.3 Å². The summed E-state index contributed by atoms with van der Waals surface area (Å²) in [5.41, 5.74) is 24.4. The fourth-order valence-electron chi connectivity index (χ4n) is 4.60. The smallest absolute Gasteiger partial charge is 0.326 e. The molecule has 0 fully saturated rings. The summed E-state index contributed by atoms with van der Waals surface area (Å²) in [5.74, 6) is -4.46. The molecule has 1 aromatic carbocycles. The van der Waals surface area contributed by atoms with E-state index in [4.69, 9.17) is 22.9 Å². The number of primary amides is 1. The molecule has 45 heavy (non-hydrogen) atoms. The van der Waals surface area contributed by atoms with Gasteiger partial charge in [0, 0.05) is 48.4 Å². The predicted molar refractivity (Wildman–Crippen MR) is 164 cm³/mol. The van der Waals surface area contributed by atoms with Crippen LogP contribution in [0.5, 0.6) is 0 Å². The first-order valence-corrected chi connectivity index (χ1v) is 14.2. The molecule has 4 amide bonds. The van der Waals surface area contributed by atoms with Crippen molar-refractivity contribution in [3.63, 3.8) is 0 Å². The van der Waals surface area contributed by atoms with E-state index in [1.54, 1.807) is 6.20 Å². The first-order chi connectivity index (χ1) is 21.4. The predicted octanol–water partition coefficient (Wildman–Crippen LogP) is -2.14. The number of nitrogens with two attached hydrogens (primary N) is 4. The van der Waals surface area contributed by atoms with Gasteiger partial charge in [-0.2, -0.15) is 0 Å². The minimum atomic E-state index is -1.37. The molecule has 17 heteroatoms. The number of guanidine groups is 1. The summed E-state index contributed by atoms with van der Waals surface area (Å²) in [4.78, 5) is 76.8. The van der Waals surface area contributed by atoms with Crippen LogP contribution < -0.4 is 38.9 Å². The van der Waals surface area contributed by atoms with E-state index in [0.717, 1.165) is 16.5 Å². The van der Waals surface area contributed by atoms with E-state index in [0.29, 0.717) is 5.69 Å². The molecule has 17 nitrogen and oxygen atoms in total. The Bertz CT molecular complexity index is 1500. The molecule has 0 spiro atoms. The Labute approximate surface area is 258 Å². The lowest BCUT2D eigenvalue weighted by atomic mass is 10.0. The highest BCUT2D eigenvalue weighted by Crippen LogP contribution is 2.19. The minimum Gasteiger partial charge on any atom is -0.480 e.